The lowest BCUT2D eigenvalue weighted by atomic mass is 9.80. The van der Waals surface area contributed by atoms with Crippen molar-refractivity contribution >= 4 is 38.4 Å². The highest BCUT2D eigenvalue weighted by molar-refractivity contribution is 6.14. The first-order chi connectivity index (χ1) is 21.8. The summed E-state index contributed by atoms with van der Waals surface area (Å²) in [7, 11) is 0. The molecule has 0 unspecified atom stereocenters. The van der Waals surface area contributed by atoms with Crippen LogP contribution in [0.1, 0.15) is 30.5 Å². The number of H-pyrrole nitrogens is 1. The highest BCUT2D eigenvalue weighted by Gasteiger charge is 2.69. The molecule has 10 heteroatoms. The van der Waals surface area contributed by atoms with Crippen molar-refractivity contribution in [2.45, 2.75) is 62.2 Å². The van der Waals surface area contributed by atoms with Crippen LogP contribution in [0.3, 0.4) is 0 Å². The van der Waals surface area contributed by atoms with Crippen LogP contribution in [0.15, 0.2) is 78.9 Å². The number of benzene rings is 4. The van der Waals surface area contributed by atoms with Gasteiger partial charge >= 0.3 is 5.97 Å². The van der Waals surface area contributed by atoms with Gasteiger partial charge in [0.25, 0.3) is 0 Å². The van der Waals surface area contributed by atoms with E-state index in [0.29, 0.717) is 23.7 Å². The van der Waals surface area contributed by atoms with Crippen LogP contribution in [0, 0.1) is 5.92 Å². The standard InChI is InChI=1S/C35H35NO9/c37-17-24-11-6-14-34(24,41)35(42)32(39)30(43-19-20-7-2-1-3-8-20)31(45-35)33(40)44-29-27(18-38)36-26-13-12-23-15-21-9-4-5-10-22(21)16-25(23)28(26)29/h1-5,7-10,12-13,15-16,24,30-32,36-39,41-42H,6,11,14,17-19H2/t24-,30+,31-,32-,34-,35-/m1/s1. The SMILES string of the molecule is O=C(Oc1c(CO)[nH]c2ccc3cc4ccccc4cc3c12)[C@@H]1O[C@@](O)([C@@]2(O)CCC[C@@H]2CO)[C@H](O)[C@H]1OCc1ccccc1. The van der Waals surface area contributed by atoms with E-state index in [0.717, 1.165) is 27.1 Å². The van der Waals surface area contributed by atoms with E-state index < -0.39 is 54.8 Å². The van der Waals surface area contributed by atoms with E-state index in [9.17, 15) is 30.3 Å². The van der Waals surface area contributed by atoms with Gasteiger partial charge in [-0.05, 0) is 64.6 Å². The Morgan fingerprint density at radius 2 is 1.69 bits per heavy atom. The third-order valence-corrected chi connectivity index (χ3v) is 9.49. The molecule has 45 heavy (non-hydrogen) atoms. The first kappa shape index (κ1) is 29.8. The van der Waals surface area contributed by atoms with Gasteiger partial charge in [0.05, 0.1) is 29.8 Å². The van der Waals surface area contributed by atoms with Gasteiger partial charge in [-0.1, -0.05) is 60.7 Å². The Balaban J connectivity index is 1.28. The van der Waals surface area contributed by atoms with Gasteiger partial charge in [0.15, 0.2) is 11.9 Å². The van der Waals surface area contributed by atoms with Gasteiger partial charge in [0.1, 0.15) is 17.8 Å². The fourth-order valence-electron chi connectivity index (χ4n) is 7.09. The lowest BCUT2D eigenvalue weighted by Crippen LogP contribution is -2.63. The van der Waals surface area contributed by atoms with Gasteiger partial charge in [-0.2, -0.15) is 0 Å². The lowest BCUT2D eigenvalue weighted by Gasteiger charge is -2.42. The van der Waals surface area contributed by atoms with Crippen molar-refractivity contribution in [1.29, 1.82) is 0 Å². The zero-order chi connectivity index (χ0) is 31.3. The fourth-order valence-corrected chi connectivity index (χ4v) is 7.09. The number of aliphatic hydroxyl groups excluding tert-OH is 3. The van der Waals surface area contributed by atoms with E-state index in [1.165, 1.54) is 0 Å². The number of ether oxygens (including phenoxy) is 3. The first-order valence-electron chi connectivity index (χ1n) is 15.1. The minimum absolute atomic E-state index is 0.0274. The first-order valence-corrected chi connectivity index (χ1v) is 15.1. The summed E-state index contributed by atoms with van der Waals surface area (Å²) in [6, 6.07) is 24.8. The molecule has 0 amide bonds. The Bertz CT molecular complexity index is 1870. The maximum atomic E-state index is 14.0. The van der Waals surface area contributed by atoms with Crippen molar-refractivity contribution in [3.63, 3.8) is 0 Å². The van der Waals surface area contributed by atoms with Crippen molar-refractivity contribution in [2.24, 2.45) is 5.92 Å². The zero-order valence-corrected chi connectivity index (χ0v) is 24.4. The summed E-state index contributed by atoms with van der Waals surface area (Å²) < 4.78 is 17.9. The maximum Gasteiger partial charge on any atom is 0.343 e. The van der Waals surface area contributed by atoms with E-state index >= 15 is 0 Å². The summed E-state index contributed by atoms with van der Waals surface area (Å²) >= 11 is 0. The van der Waals surface area contributed by atoms with Gasteiger partial charge in [0.2, 0.25) is 5.79 Å². The second-order valence-electron chi connectivity index (χ2n) is 12.1. The molecule has 234 valence electrons. The second-order valence-corrected chi connectivity index (χ2v) is 12.1. The van der Waals surface area contributed by atoms with Crippen LogP contribution in [0.2, 0.25) is 0 Å². The highest BCUT2D eigenvalue weighted by atomic mass is 16.7. The molecule has 0 radical (unpaired) electrons. The number of hydrogen-bond acceptors (Lipinski definition) is 9. The molecule has 6 atom stereocenters. The monoisotopic (exact) mass is 613 g/mol. The van der Waals surface area contributed by atoms with Gasteiger partial charge < -0.3 is 44.7 Å². The fraction of sp³-hybridized carbons (Fsp3) is 0.343. The molecular weight excluding hydrogens is 578 g/mol. The van der Waals surface area contributed by atoms with Crippen molar-refractivity contribution < 1.29 is 44.5 Å². The number of carbonyl (C=O) groups excluding carboxylic acids is 1. The average molecular weight is 614 g/mol. The summed E-state index contributed by atoms with van der Waals surface area (Å²) in [5.74, 6) is -4.33. The molecule has 1 saturated heterocycles. The third-order valence-electron chi connectivity index (χ3n) is 9.49. The molecule has 7 rings (SSSR count). The minimum Gasteiger partial charge on any atom is -0.422 e. The Hall–Kier alpha value is -3.87. The summed E-state index contributed by atoms with van der Waals surface area (Å²) in [5, 5.41) is 59.4. The van der Waals surface area contributed by atoms with E-state index in [2.05, 4.69) is 4.98 Å². The van der Waals surface area contributed by atoms with Gasteiger partial charge in [-0.3, -0.25) is 0 Å². The van der Waals surface area contributed by atoms with Crippen LogP contribution in [0.25, 0.3) is 32.4 Å². The van der Waals surface area contributed by atoms with Gasteiger partial charge in [-0.15, -0.1) is 0 Å². The topological polar surface area (TPSA) is 162 Å². The number of aromatic amines is 1. The molecule has 10 nitrogen and oxygen atoms in total. The number of hydrogen-bond donors (Lipinski definition) is 6. The largest absolute Gasteiger partial charge is 0.422 e. The maximum absolute atomic E-state index is 14.0. The molecule has 1 aliphatic heterocycles. The van der Waals surface area contributed by atoms with Gasteiger partial charge in [-0.25, -0.2) is 4.79 Å². The second kappa shape index (κ2) is 11.5. The molecular formula is C35H35NO9. The summed E-state index contributed by atoms with van der Waals surface area (Å²) in [6.45, 7) is -0.937. The average Bonchev–Trinajstić information content (AvgIpc) is 3.71. The number of esters is 1. The number of nitrogens with one attached hydrogen (secondary N) is 1. The number of fused-ring (bicyclic) bond motifs is 4. The number of aromatic nitrogens is 1. The van der Waals surface area contributed by atoms with Crippen molar-refractivity contribution in [2.75, 3.05) is 6.61 Å². The molecule has 2 heterocycles. The number of aliphatic hydroxyl groups is 5. The predicted octanol–water partition coefficient (Wildman–Crippen LogP) is 3.43. The minimum atomic E-state index is -2.63. The molecule has 4 aromatic carbocycles. The van der Waals surface area contributed by atoms with Crippen LogP contribution < -0.4 is 4.74 Å². The van der Waals surface area contributed by atoms with E-state index in [1.54, 1.807) is 0 Å². The normalized spacial score (nSPS) is 28.4. The van der Waals surface area contributed by atoms with E-state index in [1.807, 2.05) is 78.9 Å². The zero-order valence-electron chi connectivity index (χ0n) is 24.4. The molecule has 6 N–H and O–H groups in total. The molecule has 0 bridgehead atoms. The van der Waals surface area contributed by atoms with Crippen LogP contribution in [-0.2, 0) is 27.5 Å². The quantitative estimate of drug-likeness (QED) is 0.114. The Morgan fingerprint density at radius 3 is 2.42 bits per heavy atom. The summed E-state index contributed by atoms with van der Waals surface area (Å²) in [6.07, 6.45) is -4.05. The Kier molecular flexibility index (Phi) is 7.61. The predicted molar refractivity (Wildman–Crippen MR) is 165 cm³/mol. The van der Waals surface area contributed by atoms with Crippen LogP contribution in [0.5, 0.6) is 5.75 Å². The molecule has 1 aliphatic carbocycles. The van der Waals surface area contributed by atoms with Crippen LogP contribution in [-0.4, -0.2) is 72.8 Å². The smallest absolute Gasteiger partial charge is 0.343 e. The highest BCUT2D eigenvalue weighted by Crippen LogP contribution is 2.50. The molecule has 5 aromatic rings. The Morgan fingerprint density at radius 1 is 0.956 bits per heavy atom. The van der Waals surface area contributed by atoms with Crippen molar-refractivity contribution in [3.8, 4) is 5.75 Å². The van der Waals surface area contributed by atoms with E-state index in [4.69, 9.17) is 14.2 Å². The lowest BCUT2D eigenvalue weighted by molar-refractivity contribution is -0.326. The molecule has 1 saturated carbocycles. The molecule has 1 aromatic heterocycles. The molecule has 0 spiro atoms. The van der Waals surface area contributed by atoms with Crippen molar-refractivity contribution in [1.82, 2.24) is 4.98 Å². The third kappa shape index (κ3) is 4.81. The van der Waals surface area contributed by atoms with E-state index in [-0.39, 0.29) is 24.5 Å². The van der Waals surface area contributed by atoms with Gasteiger partial charge in [0, 0.05) is 12.5 Å². The summed E-state index contributed by atoms with van der Waals surface area (Å²) in [5.41, 5.74) is -0.405. The van der Waals surface area contributed by atoms with Crippen molar-refractivity contribution in [3.05, 3.63) is 90.1 Å². The molecule has 2 aliphatic rings. The number of rotatable bonds is 8. The Labute approximate surface area is 258 Å². The van der Waals surface area contributed by atoms with Crippen LogP contribution >= 0.6 is 0 Å². The number of carbonyl (C=O) groups is 1. The summed E-state index contributed by atoms with van der Waals surface area (Å²) in [4.78, 5) is 17.2. The van der Waals surface area contributed by atoms with Crippen LogP contribution in [0.4, 0.5) is 0 Å². The molecule has 2 fully saturated rings.